The number of benzene rings is 1. The molecule has 1 amide bonds. The second-order valence-corrected chi connectivity index (χ2v) is 7.16. The summed E-state index contributed by atoms with van der Waals surface area (Å²) >= 11 is 1.45. The largest absolute Gasteiger partial charge is 0.494 e. The van der Waals surface area contributed by atoms with Crippen LogP contribution in [0.15, 0.2) is 18.3 Å². The Labute approximate surface area is 165 Å². The van der Waals surface area contributed by atoms with Crippen LogP contribution < -0.4 is 15.0 Å². The van der Waals surface area contributed by atoms with Crippen molar-refractivity contribution >= 4 is 38.4 Å². The summed E-state index contributed by atoms with van der Waals surface area (Å²) in [4.78, 5) is 19.8. The maximum absolute atomic E-state index is 13.0. The number of carbonyl (C=O) groups excluding carboxylic acids is 1. The molecule has 0 unspecified atom stereocenters. The Kier molecular flexibility index (Phi) is 4.85. The van der Waals surface area contributed by atoms with Crippen molar-refractivity contribution in [3.8, 4) is 11.8 Å². The van der Waals surface area contributed by atoms with Crippen LogP contribution in [0.1, 0.15) is 15.9 Å². The summed E-state index contributed by atoms with van der Waals surface area (Å²) < 4.78 is 13.0. The van der Waals surface area contributed by atoms with Gasteiger partial charge in [-0.2, -0.15) is 10.4 Å². The summed E-state index contributed by atoms with van der Waals surface area (Å²) in [5, 5.41) is 16.8. The van der Waals surface area contributed by atoms with Gasteiger partial charge in [0.05, 0.1) is 36.8 Å². The van der Waals surface area contributed by atoms with Crippen molar-refractivity contribution in [1.29, 1.82) is 5.26 Å². The first-order chi connectivity index (χ1) is 13.6. The molecule has 0 atom stereocenters. The van der Waals surface area contributed by atoms with Gasteiger partial charge in [-0.1, -0.05) is 11.3 Å². The van der Waals surface area contributed by atoms with Crippen LogP contribution in [0.25, 0.3) is 10.2 Å². The van der Waals surface area contributed by atoms with Crippen LogP contribution in [0.3, 0.4) is 0 Å². The SMILES string of the molecule is COc1ccc(C(=O)Nc2c(C#N)cnn2C)c2sc(N3CCOCC3)nc12. The van der Waals surface area contributed by atoms with E-state index in [1.54, 1.807) is 26.3 Å². The molecule has 0 aliphatic carbocycles. The molecule has 1 aliphatic rings. The molecule has 0 saturated carbocycles. The summed E-state index contributed by atoms with van der Waals surface area (Å²) in [5.74, 6) is 0.639. The molecule has 9 nitrogen and oxygen atoms in total. The number of aryl methyl sites for hydroxylation is 1. The number of rotatable bonds is 4. The van der Waals surface area contributed by atoms with E-state index in [9.17, 15) is 10.1 Å². The molecule has 4 rings (SSSR count). The Balaban J connectivity index is 1.74. The Morgan fingerprint density at radius 1 is 1.39 bits per heavy atom. The van der Waals surface area contributed by atoms with E-state index in [4.69, 9.17) is 14.5 Å². The summed E-state index contributed by atoms with van der Waals surface area (Å²) in [6.07, 6.45) is 1.42. The van der Waals surface area contributed by atoms with Gasteiger partial charge in [0.25, 0.3) is 5.91 Å². The van der Waals surface area contributed by atoms with Crippen molar-refractivity contribution in [2.75, 3.05) is 43.6 Å². The summed E-state index contributed by atoms with van der Waals surface area (Å²) in [7, 11) is 3.25. The van der Waals surface area contributed by atoms with Gasteiger partial charge in [-0.15, -0.1) is 0 Å². The highest BCUT2D eigenvalue weighted by Crippen LogP contribution is 2.37. The van der Waals surface area contributed by atoms with E-state index < -0.39 is 0 Å². The zero-order valence-electron chi connectivity index (χ0n) is 15.4. The quantitative estimate of drug-likeness (QED) is 0.716. The normalized spacial score (nSPS) is 14.1. The number of hydrogen-bond donors (Lipinski definition) is 1. The first kappa shape index (κ1) is 18.2. The molecule has 28 heavy (non-hydrogen) atoms. The standard InChI is InChI=1S/C18H18N6O3S/c1-23-16(11(9-19)10-20-23)22-17(25)12-3-4-13(26-2)14-15(12)28-18(21-14)24-5-7-27-8-6-24/h3-4,10H,5-8H2,1-2H3,(H,22,25). The number of nitriles is 1. The Hall–Kier alpha value is -3.16. The summed E-state index contributed by atoms with van der Waals surface area (Å²) in [6, 6.07) is 5.47. The van der Waals surface area contributed by atoms with Crippen LogP contribution in [0.5, 0.6) is 5.75 Å². The van der Waals surface area contributed by atoms with Crippen molar-refractivity contribution in [2.45, 2.75) is 0 Å². The number of morpholine rings is 1. The highest BCUT2D eigenvalue weighted by atomic mass is 32.1. The van der Waals surface area contributed by atoms with E-state index in [0.29, 0.717) is 41.4 Å². The summed E-state index contributed by atoms with van der Waals surface area (Å²) in [5.41, 5.74) is 1.42. The van der Waals surface area contributed by atoms with Crippen molar-refractivity contribution in [2.24, 2.45) is 7.05 Å². The number of carbonyl (C=O) groups is 1. The Morgan fingerprint density at radius 2 is 2.18 bits per heavy atom. The van der Waals surface area contributed by atoms with Crippen LogP contribution in [0.4, 0.5) is 10.9 Å². The lowest BCUT2D eigenvalue weighted by Crippen LogP contribution is -2.36. The first-order valence-electron chi connectivity index (χ1n) is 8.66. The molecule has 144 valence electrons. The number of nitrogens with one attached hydrogen (secondary N) is 1. The first-order valence-corrected chi connectivity index (χ1v) is 9.47. The van der Waals surface area contributed by atoms with E-state index in [0.717, 1.165) is 22.9 Å². The Bertz CT molecular complexity index is 1080. The monoisotopic (exact) mass is 398 g/mol. The minimum atomic E-state index is -0.329. The molecule has 1 N–H and O–H groups in total. The topological polar surface area (TPSA) is 105 Å². The smallest absolute Gasteiger partial charge is 0.258 e. The number of fused-ring (bicyclic) bond motifs is 1. The Morgan fingerprint density at radius 3 is 2.89 bits per heavy atom. The van der Waals surface area contributed by atoms with Gasteiger partial charge in [-0.25, -0.2) is 4.98 Å². The molecule has 0 bridgehead atoms. The minimum absolute atomic E-state index is 0.305. The zero-order chi connectivity index (χ0) is 19.7. The van der Waals surface area contributed by atoms with Crippen molar-refractivity contribution in [3.05, 3.63) is 29.5 Å². The molecular formula is C18H18N6O3S. The molecule has 1 fully saturated rings. The molecule has 3 heterocycles. The van der Waals surface area contributed by atoms with Crippen molar-refractivity contribution in [1.82, 2.24) is 14.8 Å². The van der Waals surface area contributed by atoms with Gasteiger partial charge >= 0.3 is 0 Å². The number of ether oxygens (including phenoxy) is 2. The molecular weight excluding hydrogens is 380 g/mol. The average molecular weight is 398 g/mol. The lowest BCUT2D eigenvalue weighted by molar-refractivity contribution is 0.102. The van der Waals surface area contributed by atoms with Gasteiger partial charge in [0.1, 0.15) is 28.7 Å². The molecule has 3 aromatic rings. The number of methoxy groups -OCH3 is 1. The number of hydrogen-bond acceptors (Lipinski definition) is 8. The van der Waals surface area contributed by atoms with Gasteiger partial charge in [0.2, 0.25) is 0 Å². The highest BCUT2D eigenvalue weighted by Gasteiger charge is 2.22. The van der Waals surface area contributed by atoms with Crippen LogP contribution >= 0.6 is 11.3 Å². The number of amides is 1. The fourth-order valence-electron chi connectivity index (χ4n) is 3.05. The van der Waals surface area contributed by atoms with Crippen LogP contribution in [-0.2, 0) is 11.8 Å². The van der Waals surface area contributed by atoms with Gasteiger partial charge in [-0.3, -0.25) is 9.48 Å². The van der Waals surface area contributed by atoms with Gasteiger partial charge in [0, 0.05) is 20.1 Å². The fraction of sp³-hybridized carbons (Fsp3) is 0.333. The molecule has 10 heteroatoms. The van der Waals surface area contributed by atoms with Crippen LogP contribution in [-0.4, -0.2) is 54.1 Å². The number of nitrogens with zero attached hydrogens (tertiary/aromatic N) is 5. The van der Waals surface area contributed by atoms with E-state index in [1.807, 2.05) is 6.07 Å². The lowest BCUT2D eigenvalue weighted by Gasteiger charge is -2.25. The van der Waals surface area contributed by atoms with E-state index in [-0.39, 0.29) is 5.91 Å². The predicted molar refractivity (Wildman–Crippen MR) is 105 cm³/mol. The molecule has 0 spiro atoms. The van der Waals surface area contributed by atoms with Gasteiger partial charge in [-0.05, 0) is 12.1 Å². The third-order valence-corrected chi connectivity index (χ3v) is 5.68. The molecule has 1 aliphatic heterocycles. The van der Waals surface area contributed by atoms with E-state index in [1.165, 1.54) is 22.2 Å². The molecule has 2 aromatic heterocycles. The maximum Gasteiger partial charge on any atom is 0.258 e. The van der Waals surface area contributed by atoms with Crippen molar-refractivity contribution in [3.63, 3.8) is 0 Å². The fourth-order valence-corrected chi connectivity index (χ4v) is 4.19. The van der Waals surface area contributed by atoms with Crippen LogP contribution in [0, 0.1) is 11.3 Å². The minimum Gasteiger partial charge on any atom is -0.494 e. The average Bonchev–Trinajstić information content (AvgIpc) is 3.32. The predicted octanol–water partition coefficient (Wildman–Crippen LogP) is 2.00. The lowest BCUT2D eigenvalue weighted by atomic mass is 10.2. The van der Waals surface area contributed by atoms with E-state index >= 15 is 0 Å². The van der Waals surface area contributed by atoms with Crippen molar-refractivity contribution < 1.29 is 14.3 Å². The number of anilines is 2. The van der Waals surface area contributed by atoms with Gasteiger partial charge < -0.3 is 19.7 Å². The molecule has 0 radical (unpaired) electrons. The van der Waals surface area contributed by atoms with Crippen LogP contribution in [0.2, 0.25) is 0 Å². The van der Waals surface area contributed by atoms with E-state index in [2.05, 4.69) is 15.3 Å². The maximum atomic E-state index is 13.0. The number of thiazole rings is 1. The zero-order valence-corrected chi connectivity index (χ0v) is 16.2. The third-order valence-electron chi connectivity index (χ3n) is 4.53. The summed E-state index contributed by atoms with van der Waals surface area (Å²) in [6.45, 7) is 2.81. The number of aromatic nitrogens is 3. The highest BCUT2D eigenvalue weighted by molar-refractivity contribution is 7.22. The second-order valence-electron chi connectivity index (χ2n) is 6.19. The van der Waals surface area contributed by atoms with Gasteiger partial charge in [0.15, 0.2) is 5.13 Å². The molecule has 1 saturated heterocycles. The second kappa shape index (κ2) is 7.46. The third kappa shape index (κ3) is 3.15. The molecule has 1 aromatic carbocycles.